The zero-order chi connectivity index (χ0) is 10.8. The van der Waals surface area contributed by atoms with Gasteiger partial charge in [0, 0.05) is 32.2 Å². The molecule has 0 unspecified atom stereocenters. The SMILES string of the molecule is CCn1ccn(Cc2ccn(C)n2)c1=O. The predicted octanol–water partition coefficient (Wildman–Crippen LogP) is 0.452. The molecule has 2 aromatic rings. The van der Waals surface area contributed by atoms with Gasteiger partial charge in [0.05, 0.1) is 12.2 Å². The second-order valence-electron chi connectivity index (χ2n) is 3.48. The molecule has 80 valence electrons. The maximum absolute atomic E-state index is 11.7. The average molecular weight is 206 g/mol. The van der Waals surface area contributed by atoms with Crippen LogP contribution < -0.4 is 5.69 Å². The third kappa shape index (κ3) is 1.86. The van der Waals surface area contributed by atoms with Crippen molar-refractivity contribution in [2.45, 2.75) is 20.0 Å². The van der Waals surface area contributed by atoms with Gasteiger partial charge in [0.2, 0.25) is 0 Å². The summed E-state index contributed by atoms with van der Waals surface area (Å²) in [4.78, 5) is 11.7. The molecular formula is C10H14N4O. The van der Waals surface area contributed by atoms with E-state index in [0.29, 0.717) is 13.1 Å². The minimum absolute atomic E-state index is 0.0168. The Kier molecular flexibility index (Phi) is 2.45. The Labute approximate surface area is 87.6 Å². The van der Waals surface area contributed by atoms with Crippen LogP contribution in [-0.2, 0) is 20.1 Å². The van der Waals surface area contributed by atoms with Crippen LogP contribution in [0.2, 0.25) is 0 Å². The maximum Gasteiger partial charge on any atom is 0.328 e. The normalized spacial score (nSPS) is 10.8. The molecule has 15 heavy (non-hydrogen) atoms. The van der Waals surface area contributed by atoms with Crippen molar-refractivity contribution >= 4 is 0 Å². The lowest BCUT2D eigenvalue weighted by molar-refractivity contribution is 0.650. The first-order valence-corrected chi connectivity index (χ1v) is 4.95. The Bertz CT molecular complexity index is 505. The first kappa shape index (κ1) is 9.76. The monoisotopic (exact) mass is 206 g/mol. The minimum atomic E-state index is 0.0168. The van der Waals surface area contributed by atoms with E-state index in [4.69, 9.17) is 0 Å². The second-order valence-corrected chi connectivity index (χ2v) is 3.48. The summed E-state index contributed by atoms with van der Waals surface area (Å²) < 4.78 is 5.06. The number of rotatable bonds is 3. The second kappa shape index (κ2) is 3.76. The van der Waals surface area contributed by atoms with Crippen LogP contribution in [0.1, 0.15) is 12.6 Å². The van der Waals surface area contributed by atoms with E-state index in [9.17, 15) is 4.79 Å². The van der Waals surface area contributed by atoms with Crippen LogP contribution in [0, 0.1) is 0 Å². The van der Waals surface area contributed by atoms with Crippen molar-refractivity contribution < 1.29 is 0 Å². The van der Waals surface area contributed by atoms with Gasteiger partial charge in [0.15, 0.2) is 0 Å². The van der Waals surface area contributed by atoms with Crippen molar-refractivity contribution in [2.75, 3.05) is 0 Å². The molecule has 5 nitrogen and oxygen atoms in total. The molecule has 0 aliphatic carbocycles. The quantitative estimate of drug-likeness (QED) is 0.732. The summed E-state index contributed by atoms with van der Waals surface area (Å²) >= 11 is 0. The van der Waals surface area contributed by atoms with Gasteiger partial charge >= 0.3 is 5.69 Å². The summed E-state index contributed by atoms with van der Waals surface area (Å²) in [6, 6.07) is 1.91. The molecule has 0 radical (unpaired) electrons. The first-order chi connectivity index (χ1) is 7.20. The van der Waals surface area contributed by atoms with Crippen LogP contribution in [0.4, 0.5) is 0 Å². The van der Waals surface area contributed by atoms with Crippen LogP contribution in [-0.4, -0.2) is 18.9 Å². The number of imidazole rings is 1. The summed E-state index contributed by atoms with van der Waals surface area (Å²) in [5.41, 5.74) is 0.914. The van der Waals surface area contributed by atoms with Gasteiger partial charge in [-0.25, -0.2) is 4.79 Å². The molecule has 0 spiro atoms. The van der Waals surface area contributed by atoms with E-state index in [1.807, 2.05) is 26.2 Å². The minimum Gasteiger partial charge on any atom is -0.300 e. The summed E-state index contributed by atoms with van der Waals surface area (Å²) in [5.74, 6) is 0. The first-order valence-electron chi connectivity index (χ1n) is 4.95. The van der Waals surface area contributed by atoms with Crippen LogP contribution in [0.3, 0.4) is 0 Å². The summed E-state index contributed by atoms with van der Waals surface area (Å²) in [7, 11) is 1.86. The number of nitrogens with zero attached hydrogens (tertiary/aromatic N) is 4. The molecule has 0 bridgehead atoms. The highest BCUT2D eigenvalue weighted by atomic mass is 16.1. The fourth-order valence-electron chi connectivity index (χ4n) is 1.54. The van der Waals surface area contributed by atoms with E-state index in [2.05, 4.69) is 5.10 Å². The molecule has 2 rings (SSSR count). The smallest absolute Gasteiger partial charge is 0.300 e. The molecule has 0 amide bonds. The lowest BCUT2D eigenvalue weighted by Gasteiger charge is -1.97. The van der Waals surface area contributed by atoms with Gasteiger partial charge in [-0.3, -0.25) is 13.8 Å². The molecule has 5 heteroatoms. The van der Waals surface area contributed by atoms with Crippen molar-refractivity contribution in [3.63, 3.8) is 0 Å². The lowest BCUT2D eigenvalue weighted by atomic mass is 10.4. The Morgan fingerprint density at radius 2 is 2.00 bits per heavy atom. The Hall–Kier alpha value is -1.78. The summed E-state index contributed by atoms with van der Waals surface area (Å²) in [6.45, 7) is 3.19. The lowest BCUT2D eigenvalue weighted by Crippen LogP contribution is -2.23. The number of aryl methyl sites for hydroxylation is 2. The van der Waals surface area contributed by atoms with E-state index in [1.165, 1.54) is 0 Å². The van der Waals surface area contributed by atoms with Gasteiger partial charge in [0.1, 0.15) is 0 Å². The van der Waals surface area contributed by atoms with E-state index in [1.54, 1.807) is 26.2 Å². The highest BCUT2D eigenvalue weighted by molar-refractivity contribution is 5.00. The summed E-state index contributed by atoms with van der Waals surface area (Å²) in [5, 5.41) is 4.23. The standard InChI is InChI=1S/C10H14N4O/c1-3-13-6-7-14(10(13)15)8-9-4-5-12(2)11-9/h4-7H,3,8H2,1-2H3. The largest absolute Gasteiger partial charge is 0.328 e. The van der Waals surface area contributed by atoms with Crippen LogP contribution in [0.5, 0.6) is 0 Å². The highest BCUT2D eigenvalue weighted by Gasteiger charge is 2.03. The van der Waals surface area contributed by atoms with Gasteiger partial charge in [-0.15, -0.1) is 0 Å². The van der Waals surface area contributed by atoms with Crippen molar-refractivity contribution in [2.24, 2.45) is 7.05 Å². The average Bonchev–Trinajstić information content (AvgIpc) is 2.76. The summed E-state index contributed by atoms with van der Waals surface area (Å²) in [6.07, 6.45) is 5.46. The van der Waals surface area contributed by atoms with Crippen molar-refractivity contribution in [1.29, 1.82) is 0 Å². The maximum atomic E-state index is 11.7. The number of hydrogen-bond donors (Lipinski definition) is 0. The van der Waals surface area contributed by atoms with Crippen molar-refractivity contribution in [3.8, 4) is 0 Å². The number of hydrogen-bond acceptors (Lipinski definition) is 2. The van der Waals surface area contributed by atoms with Crippen LogP contribution in [0.25, 0.3) is 0 Å². The number of aromatic nitrogens is 4. The van der Waals surface area contributed by atoms with E-state index in [-0.39, 0.29) is 5.69 Å². The van der Waals surface area contributed by atoms with Crippen molar-refractivity contribution in [3.05, 3.63) is 40.8 Å². The molecule has 0 fully saturated rings. The van der Waals surface area contributed by atoms with Gasteiger partial charge < -0.3 is 0 Å². The molecular weight excluding hydrogens is 192 g/mol. The molecule has 0 aliphatic heterocycles. The molecule has 0 aromatic carbocycles. The van der Waals surface area contributed by atoms with Crippen LogP contribution >= 0.6 is 0 Å². The van der Waals surface area contributed by atoms with E-state index < -0.39 is 0 Å². The highest BCUT2D eigenvalue weighted by Crippen LogP contribution is 1.96. The van der Waals surface area contributed by atoms with Crippen LogP contribution in [0.15, 0.2) is 29.5 Å². The molecule has 2 heterocycles. The molecule has 0 aliphatic rings. The van der Waals surface area contributed by atoms with Gasteiger partial charge in [-0.2, -0.15) is 5.10 Å². The third-order valence-corrected chi connectivity index (χ3v) is 2.36. The van der Waals surface area contributed by atoms with E-state index >= 15 is 0 Å². The van der Waals surface area contributed by atoms with Gasteiger partial charge in [-0.1, -0.05) is 0 Å². The molecule has 0 N–H and O–H groups in total. The molecule has 0 saturated heterocycles. The molecule has 2 aromatic heterocycles. The van der Waals surface area contributed by atoms with Gasteiger partial charge in [-0.05, 0) is 13.0 Å². The Balaban J connectivity index is 2.25. The zero-order valence-electron chi connectivity index (χ0n) is 8.92. The van der Waals surface area contributed by atoms with Gasteiger partial charge in [0.25, 0.3) is 0 Å². The predicted molar refractivity (Wildman–Crippen MR) is 56.7 cm³/mol. The zero-order valence-corrected chi connectivity index (χ0v) is 8.92. The molecule has 0 atom stereocenters. The Morgan fingerprint density at radius 3 is 2.53 bits per heavy atom. The van der Waals surface area contributed by atoms with Crippen molar-refractivity contribution in [1.82, 2.24) is 18.9 Å². The third-order valence-electron chi connectivity index (χ3n) is 2.36. The fourth-order valence-corrected chi connectivity index (χ4v) is 1.54. The topological polar surface area (TPSA) is 44.8 Å². The Morgan fingerprint density at radius 1 is 1.27 bits per heavy atom. The fraction of sp³-hybridized carbons (Fsp3) is 0.400. The molecule has 0 saturated carbocycles. The van der Waals surface area contributed by atoms with E-state index in [0.717, 1.165) is 5.69 Å².